The van der Waals surface area contributed by atoms with Crippen LogP contribution in [0.1, 0.15) is 23.7 Å². The fraction of sp³-hybridized carbons (Fsp3) is 0.412. The second-order valence-corrected chi connectivity index (χ2v) is 5.47. The number of hydrogen-bond acceptors (Lipinski definition) is 4. The summed E-state index contributed by atoms with van der Waals surface area (Å²) in [6.07, 6.45) is 4.58. The van der Waals surface area contributed by atoms with Crippen LogP contribution in [0.4, 0.5) is 0 Å². The lowest BCUT2D eigenvalue weighted by Crippen LogP contribution is -2.39. The molecule has 2 unspecified atom stereocenters. The van der Waals surface area contributed by atoms with Crippen molar-refractivity contribution in [2.75, 3.05) is 19.8 Å². The van der Waals surface area contributed by atoms with E-state index in [1.165, 1.54) is 0 Å². The van der Waals surface area contributed by atoms with Gasteiger partial charge in [0.15, 0.2) is 5.78 Å². The number of carbonyl (C=O) groups excluding carboxylic acids is 1. The van der Waals surface area contributed by atoms with E-state index in [1.54, 1.807) is 12.4 Å². The van der Waals surface area contributed by atoms with Gasteiger partial charge in [-0.25, -0.2) is 0 Å². The van der Waals surface area contributed by atoms with E-state index >= 15 is 0 Å². The third kappa shape index (κ3) is 2.82. The van der Waals surface area contributed by atoms with E-state index in [9.17, 15) is 4.79 Å². The first kappa shape index (κ1) is 14.2. The van der Waals surface area contributed by atoms with Crippen molar-refractivity contribution in [1.82, 2.24) is 10.3 Å². The summed E-state index contributed by atoms with van der Waals surface area (Å²) in [5.74, 6) is 0.0632. The fourth-order valence-corrected chi connectivity index (χ4v) is 2.88. The van der Waals surface area contributed by atoms with E-state index in [1.807, 2.05) is 24.3 Å². The monoisotopic (exact) mass is 284 g/mol. The molecule has 2 atom stereocenters. The zero-order valence-electron chi connectivity index (χ0n) is 12.2. The van der Waals surface area contributed by atoms with Crippen molar-refractivity contribution in [1.29, 1.82) is 0 Å². The minimum absolute atomic E-state index is 0.102. The number of nitrogens with one attached hydrogen (secondary N) is 1. The van der Waals surface area contributed by atoms with Crippen molar-refractivity contribution in [3.63, 3.8) is 0 Å². The number of hydrogen-bond donors (Lipinski definition) is 1. The van der Waals surface area contributed by atoms with Gasteiger partial charge in [0.2, 0.25) is 0 Å². The molecular weight excluding hydrogens is 264 g/mol. The average Bonchev–Trinajstić information content (AvgIpc) is 3.00. The quantitative estimate of drug-likeness (QED) is 0.857. The minimum atomic E-state index is -0.102. The predicted octanol–water partition coefficient (Wildman–Crippen LogP) is 2.43. The Labute approximate surface area is 124 Å². The Bertz CT molecular complexity index is 636. The number of Topliss-reactive ketones (excluding diaryl/α,β-unsaturated/α-hetero) is 1. The van der Waals surface area contributed by atoms with Gasteiger partial charge in [0.05, 0.1) is 19.1 Å². The van der Waals surface area contributed by atoms with Gasteiger partial charge >= 0.3 is 0 Å². The van der Waals surface area contributed by atoms with Crippen LogP contribution in [0.2, 0.25) is 0 Å². The van der Waals surface area contributed by atoms with Crippen LogP contribution < -0.4 is 5.32 Å². The van der Waals surface area contributed by atoms with Gasteiger partial charge in [0.1, 0.15) is 0 Å². The fourth-order valence-electron chi connectivity index (χ4n) is 2.88. The van der Waals surface area contributed by atoms with Crippen molar-refractivity contribution in [2.24, 2.45) is 5.92 Å². The van der Waals surface area contributed by atoms with Gasteiger partial charge in [0.25, 0.3) is 0 Å². The summed E-state index contributed by atoms with van der Waals surface area (Å²) < 4.78 is 5.53. The smallest absolute Gasteiger partial charge is 0.170 e. The van der Waals surface area contributed by atoms with Crippen LogP contribution in [-0.2, 0) is 4.74 Å². The number of nitrogens with zero attached hydrogens (tertiary/aromatic N) is 1. The molecule has 1 fully saturated rings. The van der Waals surface area contributed by atoms with Crippen molar-refractivity contribution < 1.29 is 9.53 Å². The number of fused-ring (bicyclic) bond motifs is 1. The molecule has 1 aromatic heterocycles. The van der Waals surface area contributed by atoms with Crippen LogP contribution in [-0.4, -0.2) is 36.6 Å². The van der Waals surface area contributed by atoms with Gasteiger partial charge in [-0.05, 0) is 24.4 Å². The molecule has 2 aromatic rings. The third-order valence-corrected chi connectivity index (χ3v) is 4.02. The zero-order valence-corrected chi connectivity index (χ0v) is 12.2. The van der Waals surface area contributed by atoms with E-state index < -0.39 is 0 Å². The molecule has 3 rings (SSSR count). The number of rotatable bonds is 5. The minimum Gasteiger partial charge on any atom is -0.379 e. The molecule has 0 radical (unpaired) electrons. The molecule has 110 valence electrons. The van der Waals surface area contributed by atoms with E-state index in [2.05, 4.69) is 17.2 Å². The van der Waals surface area contributed by atoms with E-state index in [4.69, 9.17) is 4.74 Å². The summed E-state index contributed by atoms with van der Waals surface area (Å²) in [5.41, 5.74) is 0.772. The molecular formula is C17H20N2O2. The first-order valence-corrected chi connectivity index (χ1v) is 7.49. The van der Waals surface area contributed by atoms with E-state index in [0.29, 0.717) is 13.2 Å². The maximum absolute atomic E-state index is 12.9. The highest BCUT2D eigenvalue weighted by Crippen LogP contribution is 2.24. The standard InChI is InChI=1S/C17H20N2O2/c1-2-7-19-16-11-21-10-15(16)17(20)14-5-3-4-12-9-18-8-6-13(12)14/h3-6,8-9,15-16,19H,2,7,10-11H2,1H3. The lowest BCUT2D eigenvalue weighted by molar-refractivity contribution is 0.0893. The molecule has 4 nitrogen and oxygen atoms in total. The second kappa shape index (κ2) is 6.33. The molecule has 21 heavy (non-hydrogen) atoms. The number of pyridine rings is 1. The number of aromatic nitrogens is 1. The maximum Gasteiger partial charge on any atom is 0.170 e. The molecule has 4 heteroatoms. The predicted molar refractivity (Wildman–Crippen MR) is 82.5 cm³/mol. The molecule has 2 heterocycles. The highest BCUT2D eigenvalue weighted by Gasteiger charge is 2.34. The molecule has 0 spiro atoms. The topological polar surface area (TPSA) is 51.2 Å². The Morgan fingerprint density at radius 1 is 1.38 bits per heavy atom. The summed E-state index contributed by atoms with van der Waals surface area (Å²) >= 11 is 0. The van der Waals surface area contributed by atoms with Crippen LogP contribution in [0.15, 0.2) is 36.7 Å². The lowest BCUT2D eigenvalue weighted by Gasteiger charge is -2.18. The van der Waals surface area contributed by atoms with Crippen LogP contribution >= 0.6 is 0 Å². The summed E-state index contributed by atoms with van der Waals surface area (Å²) in [6.45, 7) is 4.15. The molecule has 0 bridgehead atoms. The van der Waals surface area contributed by atoms with Gasteiger partial charge in [0, 0.05) is 29.4 Å². The SMILES string of the molecule is CCCNC1COCC1C(=O)c1cccc2cnccc12. The van der Waals surface area contributed by atoms with Crippen molar-refractivity contribution in [2.45, 2.75) is 19.4 Å². The molecule has 1 aliphatic rings. The maximum atomic E-state index is 12.9. The Kier molecular flexibility index (Phi) is 4.27. The Balaban J connectivity index is 1.89. The number of carbonyl (C=O) groups is 1. The Hall–Kier alpha value is -1.78. The van der Waals surface area contributed by atoms with Crippen LogP contribution in [0.5, 0.6) is 0 Å². The van der Waals surface area contributed by atoms with Gasteiger partial charge < -0.3 is 10.1 Å². The highest BCUT2D eigenvalue weighted by molar-refractivity contribution is 6.09. The number of ether oxygens (including phenoxy) is 1. The van der Waals surface area contributed by atoms with Crippen LogP contribution in [0.25, 0.3) is 10.8 Å². The van der Waals surface area contributed by atoms with Crippen LogP contribution in [0.3, 0.4) is 0 Å². The summed E-state index contributed by atoms with van der Waals surface area (Å²) in [5, 5.41) is 5.39. The van der Waals surface area contributed by atoms with Crippen molar-refractivity contribution in [3.8, 4) is 0 Å². The zero-order chi connectivity index (χ0) is 14.7. The number of benzene rings is 1. The van der Waals surface area contributed by atoms with E-state index in [0.717, 1.165) is 29.3 Å². The largest absolute Gasteiger partial charge is 0.379 e. The first-order chi connectivity index (χ1) is 10.3. The van der Waals surface area contributed by atoms with Gasteiger partial charge in [-0.15, -0.1) is 0 Å². The molecule has 1 aromatic carbocycles. The highest BCUT2D eigenvalue weighted by atomic mass is 16.5. The summed E-state index contributed by atoms with van der Waals surface area (Å²) in [4.78, 5) is 17.0. The van der Waals surface area contributed by atoms with Crippen LogP contribution in [0, 0.1) is 5.92 Å². The Morgan fingerprint density at radius 3 is 3.14 bits per heavy atom. The van der Waals surface area contributed by atoms with E-state index in [-0.39, 0.29) is 17.7 Å². The molecule has 1 aliphatic heterocycles. The summed E-state index contributed by atoms with van der Waals surface area (Å²) in [6, 6.07) is 7.83. The first-order valence-electron chi connectivity index (χ1n) is 7.49. The molecule has 1 saturated heterocycles. The van der Waals surface area contributed by atoms with Gasteiger partial charge in [-0.2, -0.15) is 0 Å². The number of ketones is 1. The normalized spacial score (nSPS) is 21.8. The molecule has 0 saturated carbocycles. The average molecular weight is 284 g/mol. The molecule has 0 aliphatic carbocycles. The van der Waals surface area contributed by atoms with Gasteiger partial charge in [-0.3, -0.25) is 9.78 Å². The molecule has 0 amide bonds. The lowest BCUT2D eigenvalue weighted by atomic mass is 9.91. The Morgan fingerprint density at radius 2 is 2.29 bits per heavy atom. The second-order valence-electron chi connectivity index (χ2n) is 5.47. The third-order valence-electron chi connectivity index (χ3n) is 4.02. The van der Waals surface area contributed by atoms with Crippen molar-refractivity contribution in [3.05, 3.63) is 42.2 Å². The molecule has 1 N–H and O–H groups in total. The van der Waals surface area contributed by atoms with Gasteiger partial charge in [-0.1, -0.05) is 25.1 Å². The van der Waals surface area contributed by atoms with Crippen molar-refractivity contribution >= 4 is 16.6 Å². The summed E-state index contributed by atoms with van der Waals surface area (Å²) in [7, 11) is 0.